The lowest BCUT2D eigenvalue weighted by atomic mass is 10.0. The van der Waals surface area contributed by atoms with E-state index >= 15 is 0 Å². The molecule has 2 aromatic rings. The maximum absolute atomic E-state index is 5.59. The Kier molecular flexibility index (Phi) is 3.29. The Morgan fingerprint density at radius 3 is 2.71 bits per heavy atom. The molecule has 0 bridgehead atoms. The molecule has 0 unspecified atom stereocenters. The zero-order valence-electron chi connectivity index (χ0n) is 10.7. The standard InChI is InChI=1S/C14H19N3/c1-10-4-5-11(2)13(8-10)14-9-12(6-7-15)17(3)16-14/h4-5,8-9H,6-7,15H2,1-3H3. The van der Waals surface area contributed by atoms with Crippen molar-refractivity contribution in [2.45, 2.75) is 20.3 Å². The van der Waals surface area contributed by atoms with Crippen LogP contribution in [-0.2, 0) is 13.5 Å². The van der Waals surface area contributed by atoms with Crippen LogP contribution in [0.3, 0.4) is 0 Å². The molecule has 0 aliphatic heterocycles. The molecule has 0 atom stereocenters. The summed E-state index contributed by atoms with van der Waals surface area (Å²) in [4.78, 5) is 0. The Morgan fingerprint density at radius 2 is 2.00 bits per heavy atom. The van der Waals surface area contributed by atoms with Gasteiger partial charge in [0.15, 0.2) is 0 Å². The molecule has 1 aromatic heterocycles. The molecule has 17 heavy (non-hydrogen) atoms. The first kappa shape index (κ1) is 11.9. The topological polar surface area (TPSA) is 43.8 Å². The fraction of sp³-hybridized carbons (Fsp3) is 0.357. The van der Waals surface area contributed by atoms with Crippen molar-refractivity contribution in [3.8, 4) is 11.3 Å². The lowest BCUT2D eigenvalue weighted by molar-refractivity contribution is 0.708. The lowest BCUT2D eigenvalue weighted by Crippen LogP contribution is -2.06. The predicted molar refractivity (Wildman–Crippen MR) is 70.9 cm³/mol. The summed E-state index contributed by atoms with van der Waals surface area (Å²) in [6.07, 6.45) is 0.869. The summed E-state index contributed by atoms with van der Waals surface area (Å²) >= 11 is 0. The van der Waals surface area contributed by atoms with Gasteiger partial charge in [0, 0.05) is 24.7 Å². The fourth-order valence-corrected chi connectivity index (χ4v) is 2.03. The van der Waals surface area contributed by atoms with Gasteiger partial charge in [-0.3, -0.25) is 4.68 Å². The lowest BCUT2D eigenvalue weighted by Gasteiger charge is -2.03. The Bertz CT molecular complexity index is 526. The van der Waals surface area contributed by atoms with Crippen LogP contribution < -0.4 is 5.73 Å². The fourth-order valence-electron chi connectivity index (χ4n) is 2.03. The first-order valence-corrected chi connectivity index (χ1v) is 5.92. The smallest absolute Gasteiger partial charge is 0.0928 e. The Labute approximate surface area is 102 Å². The molecule has 0 amide bonds. The number of nitrogens with two attached hydrogens (primary N) is 1. The van der Waals surface area contributed by atoms with Crippen LogP contribution in [0, 0.1) is 13.8 Å². The summed E-state index contributed by atoms with van der Waals surface area (Å²) in [5.41, 5.74) is 11.5. The average Bonchev–Trinajstić information content (AvgIpc) is 2.64. The minimum Gasteiger partial charge on any atom is -0.330 e. The highest BCUT2D eigenvalue weighted by atomic mass is 15.3. The number of rotatable bonds is 3. The molecule has 0 radical (unpaired) electrons. The van der Waals surface area contributed by atoms with Gasteiger partial charge in [0.25, 0.3) is 0 Å². The molecule has 1 heterocycles. The Morgan fingerprint density at radius 1 is 1.24 bits per heavy atom. The van der Waals surface area contributed by atoms with Gasteiger partial charge in [0.1, 0.15) is 0 Å². The van der Waals surface area contributed by atoms with Crippen molar-refractivity contribution in [1.29, 1.82) is 0 Å². The minimum atomic E-state index is 0.659. The molecule has 2 N–H and O–H groups in total. The van der Waals surface area contributed by atoms with Crippen LogP contribution in [0.1, 0.15) is 16.8 Å². The largest absolute Gasteiger partial charge is 0.330 e. The third-order valence-electron chi connectivity index (χ3n) is 3.05. The maximum atomic E-state index is 5.59. The van der Waals surface area contributed by atoms with E-state index in [1.807, 2.05) is 11.7 Å². The van der Waals surface area contributed by atoms with Crippen molar-refractivity contribution < 1.29 is 0 Å². The van der Waals surface area contributed by atoms with Crippen LogP contribution in [0.5, 0.6) is 0 Å². The average molecular weight is 229 g/mol. The van der Waals surface area contributed by atoms with Crippen molar-refractivity contribution in [3.05, 3.63) is 41.1 Å². The Hall–Kier alpha value is -1.61. The summed E-state index contributed by atoms with van der Waals surface area (Å²) in [7, 11) is 1.97. The summed E-state index contributed by atoms with van der Waals surface area (Å²) in [5, 5.41) is 4.56. The van der Waals surface area contributed by atoms with Crippen LogP contribution >= 0.6 is 0 Å². The monoisotopic (exact) mass is 229 g/mol. The van der Waals surface area contributed by atoms with Crippen molar-refractivity contribution in [1.82, 2.24) is 9.78 Å². The van der Waals surface area contributed by atoms with Crippen molar-refractivity contribution in [2.24, 2.45) is 12.8 Å². The summed E-state index contributed by atoms with van der Waals surface area (Å²) in [5.74, 6) is 0. The van der Waals surface area contributed by atoms with E-state index in [0.29, 0.717) is 6.54 Å². The number of benzene rings is 1. The minimum absolute atomic E-state index is 0.659. The van der Waals surface area contributed by atoms with Crippen LogP contribution in [0.15, 0.2) is 24.3 Å². The molecule has 0 saturated carbocycles. The highest BCUT2D eigenvalue weighted by Gasteiger charge is 2.09. The summed E-state index contributed by atoms with van der Waals surface area (Å²) in [6, 6.07) is 8.59. The third kappa shape index (κ3) is 2.39. The van der Waals surface area contributed by atoms with E-state index in [9.17, 15) is 0 Å². The zero-order chi connectivity index (χ0) is 12.4. The molecule has 0 aliphatic rings. The van der Waals surface area contributed by atoms with Crippen molar-refractivity contribution in [2.75, 3.05) is 6.54 Å². The van der Waals surface area contributed by atoms with E-state index in [1.165, 1.54) is 22.4 Å². The molecule has 0 fully saturated rings. The molecule has 3 nitrogen and oxygen atoms in total. The van der Waals surface area contributed by atoms with Crippen LogP contribution in [0.25, 0.3) is 11.3 Å². The first-order valence-electron chi connectivity index (χ1n) is 5.92. The first-order chi connectivity index (χ1) is 8.11. The van der Waals surface area contributed by atoms with Gasteiger partial charge >= 0.3 is 0 Å². The number of aryl methyl sites for hydroxylation is 3. The summed E-state index contributed by atoms with van der Waals surface area (Å²) < 4.78 is 1.92. The molecular formula is C14H19N3. The van der Waals surface area contributed by atoms with E-state index in [0.717, 1.165) is 12.1 Å². The van der Waals surface area contributed by atoms with Crippen molar-refractivity contribution in [3.63, 3.8) is 0 Å². The number of nitrogens with zero attached hydrogens (tertiary/aromatic N) is 2. The van der Waals surface area contributed by atoms with E-state index in [-0.39, 0.29) is 0 Å². The molecule has 0 aliphatic carbocycles. The van der Waals surface area contributed by atoms with E-state index in [4.69, 9.17) is 5.73 Å². The molecule has 3 heteroatoms. The highest BCUT2D eigenvalue weighted by Crippen LogP contribution is 2.24. The van der Waals surface area contributed by atoms with Gasteiger partial charge in [-0.25, -0.2) is 0 Å². The van der Waals surface area contributed by atoms with Gasteiger partial charge in [-0.15, -0.1) is 0 Å². The van der Waals surface area contributed by atoms with E-state index in [1.54, 1.807) is 0 Å². The quantitative estimate of drug-likeness (QED) is 0.877. The molecule has 0 spiro atoms. The van der Waals surface area contributed by atoms with Gasteiger partial charge in [-0.2, -0.15) is 5.10 Å². The maximum Gasteiger partial charge on any atom is 0.0928 e. The van der Waals surface area contributed by atoms with E-state index < -0.39 is 0 Å². The highest BCUT2D eigenvalue weighted by molar-refractivity contribution is 5.64. The second-order valence-electron chi connectivity index (χ2n) is 4.50. The number of hydrogen-bond donors (Lipinski definition) is 1. The van der Waals surface area contributed by atoms with Crippen LogP contribution in [-0.4, -0.2) is 16.3 Å². The van der Waals surface area contributed by atoms with Gasteiger partial charge in [0.2, 0.25) is 0 Å². The molecule has 1 aromatic carbocycles. The summed E-state index contributed by atoms with van der Waals surface area (Å²) in [6.45, 7) is 4.88. The zero-order valence-corrected chi connectivity index (χ0v) is 10.7. The molecule has 0 saturated heterocycles. The van der Waals surface area contributed by atoms with Gasteiger partial charge in [-0.05, 0) is 38.1 Å². The van der Waals surface area contributed by atoms with Crippen LogP contribution in [0.4, 0.5) is 0 Å². The van der Waals surface area contributed by atoms with Gasteiger partial charge in [-0.1, -0.05) is 17.7 Å². The SMILES string of the molecule is Cc1ccc(C)c(-c2cc(CCN)n(C)n2)c1. The molecule has 90 valence electrons. The van der Waals surface area contributed by atoms with Crippen molar-refractivity contribution >= 4 is 0 Å². The van der Waals surface area contributed by atoms with Gasteiger partial charge < -0.3 is 5.73 Å². The predicted octanol–water partition coefficient (Wildman–Crippen LogP) is 2.21. The molecular weight excluding hydrogens is 210 g/mol. The normalized spacial score (nSPS) is 10.8. The third-order valence-corrected chi connectivity index (χ3v) is 3.05. The Balaban J connectivity index is 2.45. The number of aromatic nitrogens is 2. The molecule has 2 rings (SSSR count). The second kappa shape index (κ2) is 4.72. The number of hydrogen-bond acceptors (Lipinski definition) is 2. The van der Waals surface area contributed by atoms with Crippen LogP contribution in [0.2, 0.25) is 0 Å². The van der Waals surface area contributed by atoms with E-state index in [2.05, 4.69) is 43.2 Å². The second-order valence-corrected chi connectivity index (χ2v) is 4.50. The van der Waals surface area contributed by atoms with Gasteiger partial charge in [0.05, 0.1) is 5.69 Å².